The first-order valence-electron chi connectivity index (χ1n) is 4.89. The molecule has 0 aliphatic rings. The molecule has 0 saturated carbocycles. The van der Waals surface area contributed by atoms with Crippen molar-refractivity contribution in [2.45, 2.75) is 19.6 Å². The number of hydrogen-bond donors (Lipinski definition) is 1. The standard InChI is InChI=1S/C13H12S3/c1-15-12-3-2-4-13(9-12)16-11-7-5-10(14)6-8-11/h2-9,14H,1H3. The van der Waals surface area contributed by atoms with E-state index in [9.17, 15) is 0 Å². The second kappa shape index (κ2) is 5.71. The fourth-order valence-corrected chi connectivity index (χ4v) is 2.87. The van der Waals surface area contributed by atoms with Gasteiger partial charge in [0, 0.05) is 19.6 Å². The lowest BCUT2D eigenvalue weighted by atomic mass is 10.4. The third-order valence-corrected chi connectivity index (χ3v) is 4.13. The fraction of sp³-hybridized carbons (Fsp3) is 0.0769. The summed E-state index contributed by atoms with van der Waals surface area (Å²) < 4.78 is 0. The predicted octanol–water partition coefficient (Wildman–Crippen LogP) is 4.85. The van der Waals surface area contributed by atoms with Gasteiger partial charge in [0.15, 0.2) is 0 Å². The van der Waals surface area contributed by atoms with E-state index in [0.29, 0.717) is 0 Å². The Bertz CT molecular complexity index is 463. The molecule has 0 nitrogen and oxygen atoms in total. The van der Waals surface area contributed by atoms with Crippen LogP contribution in [0.15, 0.2) is 68.1 Å². The van der Waals surface area contributed by atoms with Crippen LogP contribution < -0.4 is 0 Å². The van der Waals surface area contributed by atoms with E-state index in [-0.39, 0.29) is 0 Å². The van der Waals surface area contributed by atoms with Crippen molar-refractivity contribution < 1.29 is 0 Å². The number of rotatable bonds is 3. The van der Waals surface area contributed by atoms with Gasteiger partial charge in [-0.05, 0) is 48.7 Å². The molecule has 0 unspecified atom stereocenters. The maximum Gasteiger partial charge on any atom is 0.0133 e. The second-order valence-electron chi connectivity index (χ2n) is 3.27. The van der Waals surface area contributed by atoms with Gasteiger partial charge < -0.3 is 0 Å². The zero-order chi connectivity index (χ0) is 11.4. The Kier molecular flexibility index (Phi) is 4.27. The van der Waals surface area contributed by atoms with E-state index >= 15 is 0 Å². The summed E-state index contributed by atoms with van der Waals surface area (Å²) in [7, 11) is 0. The van der Waals surface area contributed by atoms with E-state index in [1.54, 1.807) is 23.5 Å². The Morgan fingerprint density at radius 1 is 0.875 bits per heavy atom. The number of benzene rings is 2. The molecule has 2 aromatic carbocycles. The van der Waals surface area contributed by atoms with Gasteiger partial charge in [-0.25, -0.2) is 0 Å². The van der Waals surface area contributed by atoms with Gasteiger partial charge in [0.25, 0.3) is 0 Å². The van der Waals surface area contributed by atoms with Crippen molar-refractivity contribution in [3.8, 4) is 0 Å². The maximum absolute atomic E-state index is 4.28. The Morgan fingerprint density at radius 2 is 1.56 bits per heavy atom. The summed E-state index contributed by atoms with van der Waals surface area (Å²) in [5.74, 6) is 0. The van der Waals surface area contributed by atoms with Crippen molar-refractivity contribution in [2.75, 3.05) is 6.26 Å². The average molecular weight is 264 g/mol. The Labute approximate surface area is 110 Å². The summed E-state index contributed by atoms with van der Waals surface area (Å²) in [5.41, 5.74) is 0. The van der Waals surface area contributed by atoms with Gasteiger partial charge in [0.2, 0.25) is 0 Å². The number of thioether (sulfide) groups is 1. The minimum absolute atomic E-state index is 1.00. The molecule has 2 rings (SSSR count). The monoisotopic (exact) mass is 264 g/mol. The van der Waals surface area contributed by atoms with E-state index in [1.165, 1.54) is 14.7 Å². The van der Waals surface area contributed by atoms with Gasteiger partial charge in [-0.15, -0.1) is 24.4 Å². The van der Waals surface area contributed by atoms with Crippen LogP contribution >= 0.6 is 36.2 Å². The molecular weight excluding hydrogens is 252 g/mol. The summed E-state index contributed by atoms with van der Waals surface area (Å²) in [6.07, 6.45) is 2.10. The van der Waals surface area contributed by atoms with Gasteiger partial charge in [0.1, 0.15) is 0 Å². The molecule has 16 heavy (non-hydrogen) atoms. The SMILES string of the molecule is CSc1cccc(Sc2ccc(S)cc2)c1. The lowest BCUT2D eigenvalue weighted by Crippen LogP contribution is -1.75. The van der Waals surface area contributed by atoms with Crippen LogP contribution in [0, 0.1) is 0 Å². The largest absolute Gasteiger partial charge is 0.143 e. The smallest absolute Gasteiger partial charge is 0.0133 e. The molecule has 0 bridgehead atoms. The van der Waals surface area contributed by atoms with Crippen LogP contribution in [0.2, 0.25) is 0 Å². The van der Waals surface area contributed by atoms with Crippen LogP contribution in [-0.2, 0) is 0 Å². The van der Waals surface area contributed by atoms with E-state index < -0.39 is 0 Å². The van der Waals surface area contributed by atoms with E-state index in [4.69, 9.17) is 0 Å². The van der Waals surface area contributed by atoms with Crippen LogP contribution in [0.1, 0.15) is 0 Å². The van der Waals surface area contributed by atoms with Crippen LogP contribution in [0.4, 0.5) is 0 Å². The highest BCUT2D eigenvalue weighted by Crippen LogP contribution is 2.30. The Hall–Kier alpha value is -0.510. The highest BCUT2D eigenvalue weighted by molar-refractivity contribution is 7.99. The molecule has 0 fully saturated rings. The number of hydrogen-bond acceptors (Lipinski definition) is 3. The molecule has 0 N–H and O–H groups in total. The molecule has 0 aliphatic heterocycles. The summed E-state index contributed by atoms with van der Waals surface area (Å²) in [4.78, 5) is 4.83. The fourth-order valence-electron chi connectivity index (χ4n) is 1.31. The summed E-state index contributed by atoms with van der Waals surface area (Å²) in [6, 6.07) is 16.8. The normalized spacial score (nSPS) is 10.4. The van der Waals surface area contributed by atoms with Crippen molar-refractivity contribution in [2.24, 2.45) is 0 Å². The Morgan fingerprint density at radius 3 is 2.25 bits per heavy atom. The van der Waals surface area contributed by atoms with Gasteiger partial charge >= 0.3 is 0 Å². The first kappa shape index (κ1) is 12.0. The molecule has 0 aliphatic carbocycles. The van der Waals surface area contributed by atoms with E-state index in [1.807, 2.05) is 12.1 Å². The van der Waals surface area contributed by atoms with Gasteiger partial charge in [0.05, 0.1) is 0 Å². The molecule has 0 amide bonds. The lowest BCUT2D eigenvalue weighted by Gasteiger charge is -2.03. The summed E-state index contributed by atoms with van der Waals surface area (Å²) in [6.45, 7) is 0. The minimum Gasteiger partial charge on any atom is -0.143 e. The van der Waals surface area contributed by atoms with Crippen LogP contribution in [0.25, 0.3) is 0 Å². The molecule has 82 valence electrons. The highest BCUT2D eigenvalue weighted by atomic mass is 32.2. The molecule has 0 aromatic heterocycles. The van der Waals surface area contributed by atoms with Crippen LogP contribution in [0.5, 0.6) is 0 Å². The van der Waals surface area contributed by atoms with Gasteiger partial charge in [-0.3, -0.25) is 0 Å². The highest BCUT2D eigenvalue weighted by Gasteiger charge is 1.98. The van der Waals surface area contributed by atoms with Crippen molar-refractivity contribution in [1.29, 1.82) is 0 Å². The van der Waals surface area contributed by atoms with Crippen LogP contribution in [0.3, 0.4) is 0 Å². The third kappa shape index (κ3) is 3.24. The molecule has 0 radical (unpaired) electrons. The van der Waals surface area contributed by atoms with Crippen molar-refractivity contribution in [1.82, 2.24) is 0 Å². The zero-order valence-electron chi connectivity index (χ0n) is 8.88. The van der Waals surface area contributed by atoms with Crippen molar-refractivity contribution in [3.63, 3.8) is 0 Å². The molecule has 0 atom stereocenters. The summed E-state index contributed by atoms with van der Waals surface area (Å²) >= 11 is 7.83. The molecule has 0 saturated heterocycles. The Balaban J connectivity index is 2.16. The quantitative estimate of drug-likeness (QED) is 0.622. The van der Waals surface area contributed by atoms with E-state index in [0.717, 1.165) is 4.90 Å². The average Bonchev–Trinajstić information content (AvgIpc) is 2.32. The third-order valence-electron chi connectivity index (χ3n) is 2.11. The molecule has 0 spiro atoms. The molecule has 3 heteroatoms. The van der Waals surface area contributed by atoms with Crippen molar-refractivity contribution >= 4 is 36.2 Å². The van der Waals surface area contributed by atoms with Gasteiger partial charge in [-0.1, -0.05) is 17.8 Å². The maximum atomic E-state index is 4.28. The second-order valence-corrected chi connectivity index (χ2v) is 5.82. The predicted molar refractivity (Wildman–Crippen MR) is 76.0 cm³/mol. The van der Waals surface area contributed by atoms with E-state index in [2.05, 4.69) is 55.3 Å². The van der Waals surface area contributed by atoms with Crippen molar-refractivity contribution in [3.05, 3.63) is 48.5 Å². The van der Waals surface area contributed by atoms with Gasteiger partial charge in [-0.2, -0.15) is 0 Å². The summed E-state index contributed by atoms with van der Waals surface area (Å²) in [5, 5.41) is 0. The van der Waals surface area contributed by atoms with Crippen LogP contribution in [-0.4, -0.2) is 6.26 Å². The molecular formula is C13H12S3. The first-order chi connectivity index (χ1) is 7.78. The molecule has 0 heterocycles. The molecule has 2 aromatic rings. The lowest BCUT2D eigenvalue weighted by molar-refractivity contribution is 1.31. The topological polar surface area (TPSA) is 0 Å². The number of thiol groups is 1. The zero-order valence-corrected chi connectivity index (χ0v) is 11.4. The minimum atomic E-state index is 1.00. The first-order valence-corrected chi connectivity index (χ1v) is 7.38.